The first-order chi connectivity index (χ1) is 10.1. The number of rotatable bonds is 11. The Morgan fingerprint density at radius 3 is 2.00 bits per heavy atom. The zero-order chi connectivity index (χ0) is 17.3. The van der Waals surface area contributed by atoms with E-state index in [2.05, 4.69) is 89.0 Å². The van der Waals surface area contributed by atoms with E-state index < -0.39 is 0 Å². The van der Waals surface area contributed by atoms with Crippen molar-refractivity contribution in [1.29, 1.82) is 0 Å². The predicted molar refractivity (Wildman–Crippen MR) is 100 cm³/mol. The maximum absolute atomic E-state index is 4.14. The monoisotopic (exact) mass is 307 g/mol. The van der Waals surface area contributed by atoms with Crippen LogP contribution in [-0.4, -0.2) is 68.6 Å². The van der Waals surface area contributed by atoms with Crippen molar-refractivity contribution in [2.24, 2.45) is 5.92 Å². The van der Waals surface area contributed by atoms with Crippen LogP contribution in [0.25, 0.3) is 0 Å². The summed E-state index contributed by atoms with van der Waals surface area (Å²) >= 11 is 0. The molecule has 1 unspecified atom stereocenters. The van der Waals surface area contributed by atoms with Gasteiger partial charge in [0.15, 0.2) is 0 Å². The molecular formula is C19H37N3. The molecule has 0 saturated heterocycles. The summed E-state index contributed by atoms with van der Waals surface area (Å²) in [5.74, 6) is 0.484. The summed E-state index contributed by atoms with van der Waals surface area (Å²) in [6, 6.07) is 0.598. The Hall–Kier alpha value is -1.06. The van der Waals surface area contributed by atoms with Gasteiger partial charge in [-0.3, -0.25) is 0 Å². The molecule has 0 heterocycles. The Morgan fingerprint density at radius 1 is 0.909 bits per heavy atom. The molecule has 3 nitrogen and oxygen atoms in total. The molecule has 0 spiro atoms. The van der Waals surface area contributed by atoms with Crippen molar-refractivity contribution in [2.45, 2.75) is 33.2 Å². The van der Waals surface area contributed by atoms with Gasteiger partial charge in [-0.25, -0.2) is 0 Å². The van der Waals surface area contributed by atoms with Gasteiger partial charge in [0.1, 0.15) is 0 Å². The summed E-state index contributed by atoms with van der Waals surface area (Å²) < 4.78 is 0. The number of hydrogen-bond acceptors (Lipinski definition) is 3. The van der Waals surface area contributed by atoms with Gasteiger partial charge in [-0.1, -0.05) is 38.7 Å². The first-order valence-electron chi connectivity index (χ1n) is 8.27. The Bertz CT molecular complexity index is 369. The Morgan fingerprint density at radius 2 is 1.50 bits per heavy atom. The molecule has 0 aliphatic rings. The van der Waals surface area contributed by atoms with Crippen molar-refractivity contribution in [3.05, 3.63) is 36.6 Å². The molecule has 0 rings (SSSR count). The van der Waals surface area contributed by atoms with E-state index in [1.54, 1.807) is 0 Å². The average molecular weight is 308 g/mol. The maximum Gasteiger partial charge on any atom is 0.0302 e. The van der Waals surface area contributed by atoms with Gasteiger partial charge in [-0.05, 0) is 53.0 Å². The summed E-state index contributed by atoms with van der Waals surface area (Å²) in [6.45, 7) is 18.0. The van der Waals surface area contributed by atoms with Crippen molar-refractivity contribution in [3.8, 4) is 0 Å². The zero-order valence-electron chi connectivity index (χ0n) is 15.9. The first kappa shape index (κ1) is 20.9. The van der Waals surface area contributed by atoms with E-state index in [0.29, 0.717) is 12.0 Å². The molecule has 0 N–H and O–H groups in total. The van der Waals surface area contributed by atoms with Crippen molar-refractivity contribution < 1.29 is 0 Å². The molecule has 0 aliphatic heterocycles. The smallest absolute Gasteiger partial charge is 0.0302 e. The summed E-state index contributed by atoms with van der Waals surface area (Å²) in [4.78, 5) is 6.87. The van der Waals surface area contributed by atoms with E-state index in [9.17, 15) is 0 Å². The molecule has 0 radical (unpaired) electrons. The number of hydrogen-bond donors (Lipinski definition) is 0. The number of allylic oxidation sites excluding steroid dienone is 3. The van der Waals surface area contributed by atoms with E-state index >= 15 is 0 Å². The molecule has 0 aromatic carbocycles. The van der Waals surface area contributed by atoms with Crippen LogP contribution >= 0.6 is 0 Å². The summed E-state index contributed by atoms with van der Waals surface area (Å²) in [7, 11) is 8.56. The highest BCUT2D eigenvalue weighted by Crippen LogP contribution is 2.10. The highest BCUT2D eigenvalue weighted by Gasteiger charge is 2.10. The van der Waals surface area contributed by atoms with Gasteiger partial charge in [0, 0.05) is 31.9 Å². The van der Waals surface area contributed by atoms with E-state index in [4.69, 9.17) is 0 Å². The fraction of sp³-hybridized carbons (Fsp3) is 0.684. The fourth-order valence-corrected chi connectivity index (χ4v) is 1.86. The lowest BCUT2D eigenvalue weighted by molar-refractivity contribution is 0.210. The molecule has 1 atom stereocenters. The van der Waals surface area contributed by atoms with Gasteiger partial charge in [0.2, 0.25) is 0 Å². The molecule has 22 heavy (non-hydrogen) atoms. The quantitative estimate of drug-likeness (QED) is 0.541. The van der Waals surface area contributed by atoms with E-state index in [1.807, 2.05) is 0 Å². The Kier molecular flexibility index (Phi) is 10.1. The molecule has 0 fully saturated rings. The average Bonchev–Trinajstić information content (AvgIpc) is 2.46. The lowest BCUT2D eigenvalue weighted by Crippen LogP contribution is -2.37. The largest absolute Gasteiger partial charge is 0.374 e. The van der Waals surface area contributed by atoms with Gasteiger partial charge < -0.3 is 14.7 Å². The van der Waals surface area contributed by atoms with Crippen LogP contribution in [0.4, 0.5) is 0 Å². The van der Waals surface area contributed by atoms with Crippen LogP contribution in [0, 0.1) is 5.92 Å². The van der Waals surface area contributed by atoms with Crippen LogP contribution in [-0.2, 0) is 0 Å². The third-order valence-corrected chi connectivity index (χ3v) is 4.26. The van der Waals surface area contributed by atoms with Crippen LogP contribution in [0.15, 0.2) is 36.6 Å². The standard InChI is InChI=1S/C19H37N3/c1-16(2)17(3)10-11-18(4)21(8)14-15-22(9)19(5)12-13-20(6)7/h10-11,16,19H,3-4,12-15H2,1-2,5-9H3/b11-10-. The highest BCUT2D eigenvalue weighted by molar-refractivity contribution is 5.24. The maximum atomic E-state index is 4.14. The van der Waals surface area contributed by atoms with Crippen molar-refractivity contribution in [1.82, 2.24) is 14.7 Å². The molecule has 0 bridgehead atoms. The lowest BCUT2D eigenvalue weighted by atomic mass is 10.1. The third-order valence-electron chi connectivity index (χ3n) is 4.26. The van der Waals surface area contributed by atoms with Gasteiger partial charge in [-0.2, -0.15) is 0 Å². The predicted octanol–water partition coefficient (Wildman–Crippen LogP) is 3.47. The SMILES string of the molecule is C=C(/C=C\C(=C)N(C)CCN(C)C(C)CCN(C)C)C(C)C. The number of likely N-dealkylation sites (N-methyl/N-ethyl adjacent to an activating group) is 2. The molecule has 3 heteroatoms. The van der Waals surface area contributed by atoms with Gasteiger partial charge in [0.05, 0.1) is 0 Å². The second-order valence-corrected chi connectivity index (χ2v) is 6.90. The molecular weight excluding hydrogens is 270 g/mol. The minimum atomic E-state index is 0.484. The van der Waals surface area contributed by atoms with Crippen LogP contribution in [0.1, 0.15) is 27.2 Å². The molecule has 0 aromatic rings. The van der Waals surface area contributed by atoms with Crippen molar-refractivity contribution >= 4 is 0 Å². The Balaban J connectivity index is 4.18. The van der Waals surface area contributed by atoms with Crippen LogP contribution in [0.5, 0.6) is 0 Å². The Labute approximate surface area is 139 Å². The van der Waals surface area contributed by atoms with Crippen molar-refractivity contribution in [2.75, 3.05) is 47.8 Å². The summed E-state index contributed by atoms with van der Waals surface area (Å²) in [6.07, 6.45) is 5.34. The summed E-state index contributed by atoms with van der Waals surface area (Å²) in [5.41, 5.74) is 2.18. The molecule has 0 aromatic heterocycles. The second kappa shape index (κ2) is 10.6. The van der Waals surface area contributed by atoms with Gasteiger partial charge in [-0.15, -0.1) is 0 Å². The molecule has 0 aliphatic carbocycles. The van der Waals surface area contributed by atoms with Gasteiger partial charge in [0.25, 0.3) is 0 Å². The first-order valence-corrected chi connectivity index (χ1v) is 8.27. The normalized spacial score (nSPS) is 13.4. The topological polar surface area (TPSA) is 9.72 Å². The van der Waals surface area contributed by atoms with Crippen LogP contribution in [0.2, 0.25) is 0 Å². The van der Waals surface area contributed by atoms with Crippen LogP contribution < -0.4 is 0 Å². The minimum absolute atomic E-state index is 0.484. The summed E-state index contributed by atoms with van der Waals surface area (Å²) in [5, 5.41) is 0. The van der Waals surface area contributed by atoms with Crippen molar-refractivity contribution in [3.63, 3.8) is 0 Å². The molecule has 0 amide bonds. The van der Waals surface area contributed by atoms with Crippen LogP contribution in [0.3, 0.4) is 0 Å². The lowest BCUT2D eigenvalue weighted by Gasteiger charge is -2.29. The van der Waals surface area contributed by atoms with Gasteiger partial charge >= 0.3 is 0 Å². The minimum Gasteiger partial charge on any atom is -0.374 e. The number of nitrogens with zero attached hydrogens (tertiary/aromatic N) is 3. The highest BCUT2D eigenvalue weighted by atomic mass is 15.2. The fourth-order valence-electron chi connectivity index (χ4n) is 1.86. The zero-order valence-corrected chi connectivity index (χ0v) is 15.9. The van der Waals surface area contributed by atoms with E-state index in [-0.39, 0.29) is 0 Å². The van der Waals surface area contributed by atoms with E-state index in [1.165, 1.54) is 6.42 Å². The molecule has 128 valence electrons. The third kappa shape index (κ3) is 9.06. The second-order valence-electron chi connectivity index (χ2n) is 6.90. The molecule has 0 saturated carbocycles. The van der Waals surface area contributed by atoms with E-state index in [0.717, 1.165) is 30.9 Å².